The Morgan fingerprint density at radius 1 is 1.40 bits per heavy atom. The van der Waals surface area contributed by atoms with Gasteiger partial charge in [0.05, 0.1) is 5.41 Å². The minimum atomic E-state index is -0.455. The molecule has 2 aliphatic rings. The number of carbonyl (C=O) groups excluding carboxylic acids is 2. The van der Waals surface area contributed by atoms with E-state index in [9.17, 15) is 9.59 Å². The number of Topliss-reactive ketones (excluding diaryl/α,β-unsaturated/α-hetero) is 1. The van der Waals surface area contributed by atoms with Crippen molar-refractivity contribution in [1.82, 2.24) is 0 Å². The fourth-order valence-corrected chi connectivity index (χ4v) is 3.20. The van der Waals surface area contributed by atoms with E-state index in [4.69, 9.17) is 4.74 Å². The Morgan fingerprint density at radius 2 is 2.10 bits per heavy atom. The average molecular weight is 278 g/mol. The zero-order valence-corrected chi connectivity index (χ0v) is 13.1. The van der Waals surface area contributed by atoms with Gasteiger partial charge in [0.2, 0.25) is 0 Å². The molecule has 112 valence electrons. The van der Waals surface area contributed by atoms with Crippen molar-refractivity contribution in [2.24, 2.45) is 16.7 Å². The molecule has 3 heteroatoms. The summed E-state index contributed by atoms with van der Waals surface area (Å²) in [5, 5.41) is 0. The Labute approximate surface area is 121 Å². The molecule has 2 aliphatic carbocycles. The van der Waals surface area contributed by atoms with Crippen molar-refractivity contribution >= 4 is 11.8 Å². The first-order valence-electron chi connectivity index (χ1n) is 7.62. The van der Waals surface area contributed by atoms with Crippen LogP contribution in [0.2, 0.25) is 0 Å². The molecular weight excluding hydrogens is 252 g/mol. The molecule has 0 aromatic carbocycles. The van der Waals surface area contributed by atoms with Crippen LogP contribution in [-0.4, -0.2) is 18.4 Å². The summed E-state index contributed by atoms with van der Waals surface area (Å²) in [7, 11) is 0. The van der Waals surface area contributed by atoms with Crippen LogP contribution in [0.25, 0.3) is 0 Å². The highest BCUT2D eigenvalue weighted by Crippen LogP contribution is 2.48. The molecule has 0 heterocycles. The van der Waals surface area contributed by atoms with Gasteiger partial charge in [0.1, 0.15) is 12.4 Å². The van der Waals surface area contributed by atoms with E-state index >= 15 is 0 Å². The molecule has 0 bridgehead atoms. The number of hydrogen-bond donors (Lipinski definition) is 0. The maximum absolute atomic E-state index is 12.1. The topological polar surface area (TPSA) is 43.4 Å². The lowest BCUT2D eigenvalue weighted by molar-refractivity contribution is -0.152. The molecule has 0 saturated heterocycles. The Hall–Kier alpha value is -1.12. The van der Waals surface area contributed by atoms with Crippen molar-refractivity contribution in [2.75, 3.05) is 6.61 Å². The summed E-state index contributed by atoms with van der Waals surface area (Å²) in [6, 6.07) is 0. The van der Waals surface area contributed by atoms with E-state index in [0.29, 0.717) is 18.3 Å². The smallest absolute Gasteiger partial charge is 0.311 e. The standard InChI is InChI=1S/C17H26O3/c1-16(2,3)15(19)20-11-12-5-6-13-7-8-14(18)17(13,4)10-9-12/h5,13H,6-11H2,1-4H3/t13-,17+/m1/s1. The van der Waals surface area contributed by atoms with Gasteiger partial charge < -0.3 is 4.74 Å². The molecule has 0 aromatic rings. The quantitative estimate of drug-likeness (QED) is 0.572. The highest BCUT2D eigenvalue weighted by atomic mass is 16.5. The Morgan fingerprint density at radius 3 is 2.75 bits per heavy atom. The van der Waals surface area contributed by atoms with Crippen molar-refractivity contribution in [3.8, 4) is 0 Å². The lowest BCUT2D eigenvalue weighted by Gasteiger charge is -2.27. The zero-order valence-electron chi connectivity index (χ0n) is 13.1. The molecule has 2 atom stereocenters. The van der Waals surface area contributed by atoms with Gasteiger partial charge in [-0.2, -0.15) is 0 Å². The second kappa shape index (κ2) is 5.34. The van der Waals surface area contributed by atoms with E-state index < -0.39 is 5.41 Å². The lowest BCUT2D eigenvalue weighted by Crippen LogP contribution is -2.28. The molecule has 0 unspecified atom stereocenters. The summed E-state index contributed by atoms with van der Waals surface area (Å²) in [5.41, 5.74) is 0.571. The molecule has 3 nitrogen and oxygen atoms in total. The molecule has 20 heavy (non-hydrogen) atoms. The van der Waals surface area contributed by atoms with Gasteiger partial charge in [-0.3, -0.25) is 9.59 Å². The number of allylic oxidation sites excluding steroid dienone is 1. The van der Waals surface area contributed by atoms with E-state index in [1.165, 1.54) is 5.57 Å². The van der Waals surface area contributed by atoms with Gasteiger partial charge in [-0.15, -0.1) is 0 Å². The largest absolute Gasteiger partial charge is 0.461 e. The van der Waals surface area contributed by atoms with Crippen LogP contribution in [0.3, 0.4) is 0 Å². The number of rotatable bonds is 2. The predicted octanol–water partition coefficient (Wildman–Crippen LogP) is 3.67. The highest BCUT2D eigenvalue weighted by Gasteiger charge is 2.45. The SMILES string of the molecule is CC(C)(C)C(=O)OCC1=CC[C@@H]2CCC(=O)[C@@]2(C)CC1. The molecule has 0 amide bonds. The first-order valence-corrected chi connectivity index (χ1v) is 7.62. The lowest BCUT2D eigenvalue weighted by atomic mass is 9.75. The van der Waals surface area contributed by atoms with Crippen molar-refractivity contribution in [3.63, 3.8) is 0 Å². The maximum atomic E-state index is 12.1. The van der Waals surface area contributed by atoms with Crippen LogP contribution in [0.1, 0.15) is 59.8 Å². The number of carbonyl (C=O) groups is 2. The van der Waals surface area contributed by atoms with Crippen LogP contribution in [0, 0.1) is 16.7 Å². The predicted molar refractivity (Wildman–Crippen MR) is 78.2 cm³/mol. The third kappa shape index (κ3) is 2.97. The minimum Gasteiger partial charge on any atom is -0.461 e. The second-order valence-corrected chi connectivity index (χ2v) is 7.50. The van der Waals surface area contributed by atoms with E-state index in [-0.39, 0.29) is 11.4 Å². The van der Waals surface area contributed by atoms with Crippen LogP contribution in [0.15, 0.2) is 11.6 Å². The van der Waals surface area contributed by atoms with E-state index in [0.717, 1.165) is 32.1 Å². The van der Waals surface area contributed by atoms with Gasteiger partial charge in [-0.25, -0.2) is 0 Å². The third-order valence-electron chi connectivity index (χ3n) is 4.92. The molecule has 0 aromatic heterocycles. The number of ether oxygens (including phenoxy) is 1. The molecular formula is C17H26O3. The van der Waals surface area contributed by atoms with Gasteiger partial charge in [-0.05, 0) is 57.9 Å². The number of hydrogen-bond acceptors (Lipinski definition) is 3. The highest BCUT2D eigenvalue weighted by molar-refractivity contribution is 5.87. The van der Waals surface area contributed by atoms with Crippen LogP contribution < -0.4 is 0 Å². The van der Waals surface area contributed by atoms with Gasteiger partial charge in [-0.1, -0.05) is 13.0 Å². The number of fused-ring (bicyclic) bond motifs is 1. The Balaban J connectivity index is 1.95. The number of ketones is 1. The fourth-order valence-electron chi connectivity index (χ4n) is 3.20. The summed E-state index contributed by atoms with van der Waals surface area (Å²) in [5.74, 6) is 0.736. The molecule has 0 radical (unpaired) electrons. The zero-order chi connectivity index (χ0) is 15.0. The normalized spacial score (nSPS) is 30.5. The maximum Gasteiger partial charge on any atom is 0.311 e. The fraction of sp³-hybridized carbons (Fsp3) is 0.765. The monoisotopic (exact) mass is 278 g/mol. The van der Waals surface area contributed by atoms with E-state index in [1.807, 2.05) is 20.8 Å². The van der Waals surface area contributed by atoms with Gasteiger partial charge in [0.25, 0.3) is 0 Å². The molecule has 0 N–H and O–H groups in total. The van der Waals surface area contributed by atoms with E-state index in [1.54, 1.807) is 0 Å². The second-order valence-electron chi connectivity index (χ2n) is 7.50. The Kier molecular flexibility index (Phi) is 4.08. The van der Waals surface area contributed by atoms with Crippen molar-refractivity contribution in [3.05, 3.63) is 11.6 Å². The summed E-state index contributed by atoms with van der Waals surface area (Å²) < 4.78 is 5.39. The van der Waals surface area contributed by atoms with Crippen molar-refractivity contribution in [1.29, 1.82) is 0 Å². The first kappa shape index (κ1) is 15.3. The van der Waals surface area contributed by atoms with Crippen molar-refractivity contribution in [2.45, 2.75) is 59.8 Å². The third-order valence-corrected chi connectivity index (χ3v) is 4.92. The summed E-state index contributed by atoms with van der Waals surface area (Å²) in [6.45, 7) is 8.08. The summed E-state index contributed by atoms with van der Waals surface area (Å²) in [6.07, 6.45) is 6.67. The van der Waals surface area contributed by atoms with Crippen LogP contribution >= 0.6 is 0 Å². The van der Waals surface area contributed by atoms with Crippen LogP contribution in [-0.2, 0) is 14.3 Å². The Bertz CT molecular complexity index is 442. The molecule has 2 rings (SSSR count). The van der Waals surface area contributed by atoms with Crippen LogP contribution in [0.4, 0.5) is 0 Å². The van der Waals surface area contributed by atoms with Crippen molar-refractivity contribution < 1.29 is 14.3 Å². The molecule has 1 fully saturated rings. The van der Waals surface area contributed by atoms with E-state index in [2.05, 4.69) is 13.0 Å². The van der Waals surface area contributed by atoms with Gasteiger partial charge in [0, 0.05) is 11.8 Å². The molecule has 1 saturated carbocycles. The van der Waals surface area contributed by atoms with Gasteiger partial charge in [0.15, 0.2) is 0 Å². The molecule has 0 spiro atoms. The minimum absolute atomic E-state index is 0.147. The van der Waals surface area contributed by atoms with Crippen LogP contribution in [0.5, 0.6) is 0 Å². The first-order chi connectivity index (χ1) is 9.23. The number of esters is 1. The summed E-state index contributed by atoms with van der Waals surface area (Å²) in [4.78, 5) is 23.9. The molecule has 0 aliphatic heterocycles. The summed E-state index contributed by atoms with van der Waals surface area (Å²) >= 11 is 0. The average Bonchev–Trinajstić information content (AvgIpc) is 2.55. The van der Waals surface area contributed by atoms with Gasteiger partial charge >= 0.3 is 5.97 Å².